The van der Waals surface area contributed by atoms with Crippen LogP contribution in [0.2, 0.25) is 5.02 Å². The average molecular weight is 348 g/mol. The molecule has 16 heavy (non-hydrogen) atoms. The first kappa shape index (κ1) is 11.5. The third kappa shape index (κ3) is 2.76. The fourth-order valence-corrected chi connectivity index (χ4v) is 1.94. The van der Waals surface area contributed by atoms with Crippen molar-refractivity contribution in [1.82, 2.24) is 4.98 Å². The second-order valence-corrected chi connectivity index (χ2v) is 4.69. The maximum Gasteiger partial charge on any atom is 0.238 e. The highest BCUT2D eigenvalue weighted by molar-refractivity contribution is 14.1. The molecule has 3 nitrogen and oxygen atoms in total. The van der Waals surface area contributed by atoms with Gasteiger partial charge in [0.05, 0.1) is 0 Å². The van der Waals surface area contributed by atoms with E-state index in [0.29, 0.717) is 16.7 Å². The highest BCUT2D eigenvalue weighted by atomic mass is 127. The summed E-state index contributed by atoms with van der Waals surface area (Å²) in [5.74, 6) is 1.12. The van der Waals surface area contributed by atoms with Crippen LogP contribution in [0, 0.1) is 3.57 Å². The number of hydrogen-bond donors (Lipinski definition) is 1. The van der Waals surface area contributed by atoms with Crippen molar-refractivity contribution in [1.29, 1.82) is 0 Å². The lowest BCUT2D eigenvalue weighted by Crippen LogP contribution is -1.89. The van der Waals surface area contributed by atoms with Gasteiger partial charge in [-0.3, -0.25) is 0 Å². The molecule has 0 fully saturated rings. The number of pyridine rings is 1. The van der Waals surface area contributed by atoms with E-state index >= 15 is 0 Å². The van der Waals surface area contributed by atoms with E-state index in [-0.39, 0.29) is 5.75 Å². The Bertz CT molecular complexity index is 502. The van der Waals surface area contributed by atoms with Crippen LogP contribution >= 0.6 is 34.2 Å². The smallest absolute Gasteiger partial charge is 0.238 e. The van der Waals surface area contributed by atoms with Crippen molar-refractivity contribution >= 4 is 34.2 Å². The lowest BCUT2D eigenvalue weighted by atomic mass is 10.3. The van der Waals surface area contributed by atoms with Crippen LogP contribution in [0.3, 0.4) is 0 Å². The Labute approximate surface area is 111 Å². The summed E-state index contributed by atoms with van der Waals surface area (Å²) < 4.78 is 6.41. The van der Waals surface area contributed by atoms with Crippen LogP contribution in [0.5, 0.6) is 17.4 Å². The van der Waals surface area contributed by atoms with E-state index < -0.39 is 0 Å². The number of ether oxygens (including phenoxy) is 1. The topological polar surface area (TPSA) is 42.4 Å². The van der Waals surface area contributed by atoms with Crippen LogP contribution in [-0.4, -0.2) is 10.1 Å². The molecule has 0 aliphatic rings. The van der Waals surface area contributed by atoms with Gasteiger partial charge in [0.1, 0.15) is 16.5 Å². The highest BCUT2D eigenvalue weighted by Crippen LogP contribution is 2.28. The van der Waals surface area contributed by atoms with Crippen LogP contribution in [0.15, 0.2) is 36.5 Å². The second kappa shape index (κ2) is 4.88. The number of hydrogen-bond acceptors (Lipinski definition) is 3. The van der Waals surface area contributed by atoms with Gasteiger partial charge in [-0.1, -0.05) is 11.6 Å². The lowest BCUT2D eigenvalue weighted by Gasteiger charge is -2.06. The maximum atomic E-state index is 9.12. The molecule has 82 valence electrons. The van der Waals surface area contributed by atoms with E-state index in [2.05, 4.69) is 27.6 Å². The number of halogens is 2. The first-order valence-electron chi connectivity index (χ1n) is 4.43. The Morgan fingerprint density at radius 3 is 2.56 bits per heavy atom. The molecule has 0 bridgehead atoms. The van der Waals surface area contributed by atoms with E-state index in [1.807, 2.05) is 0 Å². The quantitative estimate of drug-likeness (QED) is 0.839. The predicted molar refractivity (Wildman–Crippen MR) is 70.1 cm³/mol. The molecule has 2 rings (SSSR count). The summed E-state index contributed by atoms with van der Waals surface area (Å²) in [5, 5.41) is 9.57. The molecule has 1 N–H and O–H groups in total. The van der Waals surface area contributed by atoms with E-state index in [1.54, 1.807) is 24.4 Å². The monoisotopic (exact) mass is 347 g/mol. The highest BCUT2D eigenvalue weighted by Gasteiger charge is 2.05. The molecule has 0 unspecified atom stereocenters. The third-order valence-electron chi connectivity index (χ3n) is 1.83. The number of benzene rings is 1. The van der Waals surface area contributed by atoms with Gasteiger partial charge in [0.15, 0.2) is 0 Å². The summed E-state index contributed by atoms with van der Waals surface area (Å²) >= 11 is 8.09. The zero-order valence-corrected chi connectivity index (χ0v) is 10.9. The third-order valence-corrected chi connectivity index (χ3v) is 2.69. The van der Waals surface area contributed by atoms with Crippen LogP contribution in [-0.2, 0) is 0 Å². The summed E-state index contributed by atoms with van der Waals surface area (Å²) in [7, 11) is 0. The molecule has 0 saturated heterocycles. The molecule has 1 heterocycles. The van der Waals surface area contributed by atoms with Crippen molar-refractivity contribution < 1.29 is 9.84 Å². The van der Waals surface area contributed by atoms with Crippen molar-refractivity contribution in [2.24, 2.45) is 0 Å². The summed E-state index contributed by atoms with van der Waals surface area (Å²) in [6.45, 7) is 0. The minimum absolute atomic E-state index is 0.189. The van der Waals surface area contributed by atoms with E-state index in [1.165, 1.54) is 12.1 Å². The minimum atomic E-state index is 0.189. The fourth-order valence-electron chi connectivity index (χ4n) is 1.10. The molecular formula is C11H7ClINO2. The van der Waals surface area contributed by atoms with Crippen molar-refractivity contribution in [2.45, 2.75) is 0 Å². The Morgan fingerprint density at radius 2 is 1.94 bits per heavy atom. The Kier molecular flexibility index (Phi) is 3.50. The van der Waals surface area contributed by atoms with Crippen LogP contribution in [0.1, 0.15) is 0 Å². The molecule has 0 atom stereocenters. The Morgan fingerprint density at radius 1 is 1.25 bits per heavy atom. The fraction of sp³-hybridized carbons (Fsp3) is 0. The van der Waals surface area contributed by atoms with Crippen LogP contribution in [0.4, 0.5) is 0 Å². The number of rotatable bonds is 2. The van der Waals surface area contributed by atoms with E-state index in [0.717, 1.165) is 3.57 Å². The van der Waals surface area contributed by atoms with Gasteiger partial charge in [0, 0.05) is 9.77 Å². The SMILES string of the molecule is Oc1ccc(Oc2ncc(I)cc2Cl)cc1. The van der Waals surface area contributed by atoms with Gasteiger partial charge < -0.3 is 9.84 Å². The van der Waals surface area contributed by atoms with E-state index in [9.17, 15) is 0 Å². The average Bonchev–Trinajstić information content (AvgIpc) is 2.25. The van der Waals surface area contributed by atoms with Gasteiger partial charge in [0.2, 0.25) is 5.88 Å². The molecule has 2 aromatic rings. The summed E-state index contributed by atoms with van der Waals surface area (Å²) in [6, 6.07) is 8.13. The molecule has 0 aliphatic heterocycles. The molecule has 0 amide bonds. The summed E-state index contributed by atoms with van der Waals surface area (Å²) in [6.07, 6.45) is 1.67. The largest absolute Gasteiger partial charge is 0.508 e. The van der Waals surface area contributed by atoms with Crippen molar-refractivity contribution in [3.8, 4) is 17.4 Å². The first-order valence-corrected chi connectivity index (χ1v) is 5.89. The normalized spacial score (nSPS) is 10.1. The van der Waals surface area contributed by atoms with Crippen LogP contribution in [0.25, 0.3) is 0 Å². The predicted octanol–water partition coefficient (Wildman–Crippen LogP) is 3.84. The van der Waals surface area contributed by atoms with Gasteiger partial charge in [-0.05, 0) is 52.9 Å². The molecule has 0 spiro atoms. The zero-order chi connectivity index (χ0) is 11.5. The summed E-state index contributed by atoms with van der Waals surface area (Å²) in [5.41, 5.74) is 0. The molecule has 1 aromatic carbocycles. The van der Waals surface area contributed by atoms with Gasteiger partial charge in [-0.2, -0.15) is 0 Å². The molecule has 5 heteroatoms. The summed E-state index contributed by atoms with van der Waals surface area (Å²) in [4.78, 5) is 4.07. The zero-order valence-electron chi connectivity index (χ0n) is 8.02. The molecule has 0 radical (unpaired) electrons. The molecular weight excluding hydrogens is 340 g/mol. The van der Waals surface area contributed by atoms with Crippen molar-refractivity contribution in [3.05, 3.63) is 45.1 Å². The number of aromatic nitrogens is 1. The number of phenols is 1. The van der Waals surface area contributed by atoms with Crippen molar-refractivity contribution in [3.63, 3.8) is 0 Å². The Balaban J connectivity index is 2.23. The first-order chi connectivity index (χ1) is 7.65. The Hall–Kier alpha value is -1.01. The molecule has 1 aromatic heterocycles. The van der Waals surface area contributed by atoms with Gasteiger partial charge in [0.25, 0.3) is 0 Å². The van der Waals surface area contributed by atoms with Gasteiger partial charge in [-0.15, -0.1) is 0 Å². The molecule has 0 saturated carbocycles. The second-order valence-electron chi connectivity index (χ2n) is 3.04. The van der Waals surface area contributed by atoms with Crippen molar-refractivity contribution in [2.75, 3.05) is 0 Å². The number of nitrogens with zero attached hydrogens (tertiary/aromatic N) is 1. The maximum absolute atomic E-state index is 9.12. The standard InChI is InChI=1S/C11H7ClINO2/c12-10-5-7(13)6-14-11(10)16-9-3-1-8(15)2-4-9/h1-6,15H. The van der Waals surface area contributed by atoms with E-state index in [4.69, 9.17) is 21.4 Å². The minimum Gasteiger partial charge on any atom is -0.508 e. The van der Waals surface area contributed by atoms with Crippen LogP contribution < -0.4 is 4.74 Å². The number of aromatic hydroxyl groups is 1. The lowest BCUT2D eigenvalue weighted by molar-refractivity contribution is 0.454. The van der Waals surface area contributed by atoms with Gasteiger partial charge >= 0.3 is 0 Å². The molecule has 0 aliphatic carbocycles. The van der Waals surface area contributed by atoms with Gasteiger partial charge in [-0.25, -0.2) is 4.98 Å². The number of phenolic OH excluding ortho intramolecular Hbond substituents is 1.